The first-order chi connectivity index (χ1) is 8.24. The number of hydrogen-bond donors (Lipinski definition) is 1. The smallest absolute Gasteiger partial charge is 0.255 e. The molecule has 90 valence electrons. The monoisotopic (exact) mass is 231 g/mol. The number of amides is 1. The predicted molar refractivity (Wildman–Crippen MR) is 68.2 cm³/mol. The molecule has 0 spiro atoms. The van der Waals surface area contributed by atoms with E-state index in [-0.39, 0.29) is 5.91 Å². The van der Waals surface area contributed by atoms with Crippen LogP contribution >= 0.6 is 0 Å². The molecule has 1 aromatic carbocycles. The van der Waals surface area contributed by atoms with E-state index in [0.717, 1.165) is 23.8 Å². The molecule has 1 heterocycles. The molecule has 0 saturated heterocycles. The Labute approximate surface area is 101 Å². The van der Waals surface area contributed by atoms with Gasteiger partial charge in [-0.1, -0.05) is 31.5 Å². The summed E-state index contributed by atoms with van der Waals surface area (Å²) in [5.74, 6) is 0.640. The van der Waals surface area contributed by atoms with Crippen molar-refractivity contribution in [3.8, 4) is 0 Å². The summed E-state index contributed by atoms with van der Waals surface area (Å²) >= 11 is 0. The highest BCUT2D eigenvalue weighted by atomic mass is 16.3. The van der Waals surface area contributed by atoms with Crippen LogP contribution in [0.3, 0.4) is 0 Å². The maximum absolute atomic E-state index is 12.0. The minimum Gasteiger partial charge on any atom is -0.461 e. The molecule has 1 amide bonds. The highest BCUT2D eigenvalue weighted by molar-refractivity contribution is 6.07. The Kier molecular flexibility index (Phi) is 3.47. The van der Waals surface area contributed by atoms with E-state index >= 15 is 0 Å². The lowest BCUT2D eigenvalue weighted by Gasteiger charge is -2.03. The Bertz CT molecular complexity index is 528. The fraction of sp³-hybridized carbons (Fsp3) is 0.357. The number of hydrogen-bond acceptors (Lipinski definition) is 2. The number of furan rings is 1. The van der Waals surface area contributed by atoms with Crippen molar-refractivity contribution in [2.45, 2.75) is 26.7 Å². The third-order valence-electron chi connectivity index (χ3n) is 2.81. The molecule has 0 bridgehead atoms. The molecule has 1 aromatic heterocycles. The van der Waals surface area contributed by atoms with Gasteiger partial charge in [0.25, 0.3) is 5.91 Å². The average molecular weight is 231 g/mol. The zero-order valence-electron chi connectivity index (χ0n) is 10.2. The molecular weight excluding hydrogens is 214 g/mol. The number of aryl methyl sites for hydroxylation is 1. The minimum atomic E-state index is -0.0408. The number of rotatable bonds is 4. The quantitative estimate of drug-likeness (QED) is 0.820. The van der Waals surface area contributed by atoms with Crippen LogP contribution in [0.2, 0.25) is 0 Å². The van der Waals surface area contributed by atoms with Gasteiger partial charge in [0.2, 0.25) is 0 Å². The molecule has 1 N–H and O–H groups in total. The molecule has 0 atom stereocenters. The third-order valence-corrected chi connectivity index (χ3v) is 2.81. The molecule has 0 aliphatic rings. The van der Waals surface area contributed by atoms with Crippen LogP contribution < -0.4 is 5.32 Å². The lowest BCUT2D eigenvalue weighted by atomic mass is 10.1. The van der Waals surface area contributed by atoms with Crippen LogP contribution in [0.5, 0.6) is 0 Å². The van der Waals surface area contributed by atoms with E-state index < -0.39 is 0 Å². The summed E-state index contributed by atoms with van der Waals surface area (Å²) in [5.41, 5.74) is 1.43. The molecule has 17 heavy (non-hydrogen) atoms. The van der Waals surface area contributed by atoms with Crippen LogP contribution in [0.1, 0.15) is 35.9 Å². The molecular formula is C14H17NO2. The second-order valence-electron chi connectivity index (χ2n) is 4.14. The standard InChI is InChI=1S/C14H17NO2/c1-3-4-9-15-14(16)13-10(2)17-12-8-6-5-7-11(12)13/h5-8H,3-4,9H2,1-2H3,(H,15,16). The van der Waals surface area contributed by atoms with Crippen LogP contribution in [0, 0.1) is 6.92 Å². The van der Waals surface area contributed by atoms with Gasteiger partial charge in [-0.05, 0) is 19.4 Å². The Hall–Kier alpha value is -1.77. The SMILES string of the molecule is CCCCNC(=O)c1c(C)oc2ccccc12. The Morgan fingerprint density at radius 1 is 1.35 bits per heavy atom. The zero-order chi connectivity index (χ0) is 12.3. The highest BCUT2D eigenvalue weighted by Crippen LogP contribution is 2.24. The lowest BCUT2D eigenvalue weighted by molar-refractivity contribution is 0.0953. The van der Waals surface area contributed by atoms with Crippen molar-refractivity contribution in [1.29, 1.82) is 0 Å². The van der Waals surface area contributed by atoms with E-state index in [2.05, 4.69) is 12.2 Å². The number of benzene rings is 1. The van der Waals surface area contributed by atoms with E-state index in [1.807, 2.05) is 31.2 Å². The summed E-state index contributed by atoms with van der Waals surface area (Å²) in [4.78, 5) is 12.0. The molecule has 0 radical (unpaired) electrons. The van der Waals surface area contributed by atoms with Crippen molar-refractivity contribution in [3.05, 3.63) is 35.6 Å². The van der Waals surface area contributed by atoms with Gasteiger partial charge >= 0.3 is 0 Å². The van der Waals surface area contributed by atoms with Crippen LogP contribution in [0.4, 0.5) is 0 Å². The maximum atomic E-state index is 12.0. The maximum Gasteiger partial charge on any atom is 0.255 e. The van der Waals surface area contributed by atoms with Gasteiger partial charge in [0.15, 0.2) is 0 Å². The van der Waals surface area contributed by atoms with Crippen molar-refractivity contribution in [2.24, 2.45) is 0 Å². The van der Waals surface area contributed by atoms with E-state index in [1.54, 1.807) is 0 Å². The van der Waals surface area contributed by atoms with Crippen LogP contribution in [-0.2, 0) is 0 Å². The number of unbranched alkanes of at least 4 members (excludes halogenated alkanes) is 1. The Morgan fingerprint density at radius 2 is 2.12 bits per heavy atom. The molecule has 0 fully saturated rings. The normalized spacial score (nSPS) is 10.7. The molecule has 0 aliphatic heterocycles. The van der Waals surface area contributed by atoms with Crippen LogP contribution in [0.25, 0.3) is 11.0 Å². The average Bonchev–Trinajstić information content (AvgIpc) is 2.65. The van der Waals surface area contributed by atoms with E-state index in [4.69, 9.17) is 4.42 Å². The first-order valence-corrected chi connectivity index (χ1v) is 6.00. The zero-order valence-corrected chi connectivity index (χ0v) is 10.2. The fourth-order valence-corrected chi connectivity index (χ4v) is 1.92. The molecule has 0 unspecified atom stereocenters. The Morgan fingerprint density at radius 3 is 2.88 bits per heavy atom. The van der Waals surface area contributed by atoms with E-state index in [1.165, 1.54) is 0 Å². The van der Waals surface area contributed by atoms with Gasteiger partial charge in [0.1, 0.15) is 11.3 Å². The molecule has 0 saturated carbocycles. The molecule has 3 nitrogen and oxygen atoms in total. The summed E-state index contributed by atoms with van der Waals surface area (Å²) < 4.78 is 5.57. The van der Waals surface area contributed by atoms with Gasteiger partial charge < -0.3 is 9.73 Å². The van der Waals surface area contributed by atoms with Crippen molar-refractivity contribution < 1.29 is 9.21 Å². The van der Waals surface area contributed by atoms with Gasteiger partial charge in [-0.2, -0.15) is 0 Å². The number of para-hydroxylation sites is 1. The molecule has 2 aromatic rings. The summed E-state index contributed by atoms with van der Waals surface area (Å²) in [6.45, 7) is 4.65. The molecule has 0 aliphatic carbocycles. The first kappa shape index (κ1) is 11.7. The fourth-order valence-electron chi connectivity index (χ4n) is 1.92. The van der Waals surface area contributed by atoms with Gasteiger partial charge in [-0.3, -0.25) is 4.79 Å². The first-order valence-electron chi connectivity index (χ1n) is 6.00. The Balaban J connectivity index is 2.28. The summed E-state index contributed by atoms with van der Waals surface area (Å²) in [6.07, 6.45) is 2.08. The predicted octanol–water partition coefficient (Wildman–Crippen LogP) is 3.27. The number of carbonyl (C=O) groups excluding carboxylic acids is 1. The summed E-state index contributed by atoms with van der Waals surface area (Å²) in [7, 11) is 0. The summed E-state index contributed by atoms with van der Waals surface area (Å²) in [6, 6.07) is 7.62. The van der Waals surface area contributed by atoms with E-state index in [9.17, 15) is 4.79 Å². The van der Waals surface area contributed by atoms with Crippen molar-refractivity contribution in [3.63, 3.8) is 0 Å². The third kappa shape index (κ3) is 2.33. The van der Waals surface area contributed by atoms with Crippen molar-refractivity contribution in [1.82, 2.24) is 5.32 Å². The molecule has 3 heteroatoms. The largest absolute Gasteiger partial charge is 0.461 e. The van der Waals surface area contributed by atoms with Gasteiger partial charge in [0, 0.05) is 11.9 Å². The topological polar surface area (TPSA) is 42.2 Å². The second-order valence-corrected chi connectivity index (χ2v) is 4.14. The number of carbonyl (C=O) groups is 1. The van der Waals surface area contributed by atoms with Crippen molar-refractivity contribution >= 4 is 16.9 Å². The molecule has 2 rings (SSSR count). The number of nitrogens with one attached hydrogen (secondary N) is 1. The second kappa shape index (κ2) is 5.04. The summed E-state index contributed by atoms with van der Waals surface area (Å²) in [5, 5.41) is 3.81. The van der Waals surface area contributed by atoms with Crippen LogP contribution in [-0.4, -0.2) is 12.5 Å². The highest BCUT2D eigenvalue weighted by Gasteiger charge is 2.16. The number of fused-ring (bicyclic) bond motifs is 1. The van der Waals surface area contributed by atoms with Gasteiger partial charge in [-0.25, -0.2) is 0 Å². The van der Waals surface area contributed by atoms with E-state index in [0.29, 0.717) is 17.9 Å². The van der Waals surface area contributed by atoms with Gasteiger partial charge in [0.05, 0.1) is 5.56 Å². The van der Waals surface area contributed by atoms with Gasteiger partial charge in [-0.15, -0.1) is 0 Å². The lowest BCUT2D eigenvalue weighted by Crippen LogP contribution is -2.24. The van der Waals surface area contributed by atoms with Crippen molar-refractivity contribution in [2.75, 3.05) is 6.54 Å². The minimum absolute atomic E-state index is 0.0408. The van der Waals surface area contributed by atoms with Crippen LogP contribution in [0.15, 0.2) is 28.7 Å².